The highest BCUT2D eigenvalue weighted by molar-refractivity contribution is 5.66. The lowest BCUT2D eigenvalue weighted by molar-refractivity contribution is -0.137. The van der Waals surface area contributed by atoms with E-state index in [1.165, 1.54) is 6.42 Å². The Morgan fingerprint density at radius 2 is 2.29 bits per heavy atom. The Bertz CT molecular complexity index is 197. The van der Waals surface area contributed by atoms with Crippen molar-refractivity contribution in [3.05, 3.63) is 0 Å². The van der Waals surface area contributed by atoms with E-state index in [4.69, 9.17) is 10.8 Å². The molecule has 4 heteroatoms. The molecule has 0 radical (unpaired) electrons. The standard InChI is InChI=1S/C10H20N2O2/c1-8-3-2-4-9(7-11)12(8)6-5-10(13)14/h8-9H,2-7,11H2,1H3,(H,13,14). The Balaban J connectivity index is 2.46. The lowest BCUT2D eigenvalue weighted by atomic mass is 9.96. The highest BCUT2D eigenvalue weighted by Crippen LogP contribution is 2.22. The van der Waals surface area contributed by atoms with Crippen LogP contribution in [0.3, 0.4) is 0 Å². The van der Waals surface area contributed by atoms with Crippen LogP contribution in [0.5, 0.6) is 0 Å². The van der Waals surface area contributed by atoms with Crippen molar-refractivity contribution < 1.29 is 9.90 Å². The van der Waals surface area contributed by atoms with E-state index in [2.05, 4.69) is 11.8 Å². The first-order chi connectivity index (χ1) is 6.65. The summed E-state index contributed by atoms with van der Waals surface area (Å²) in [4.78, 5) is 12.7. The molecular formula is C10H20N2O2. The fourth-order valence-corrected chi connectivity index (χ4v) is 2.22. The van der Waals surface area contributed by atoms with Crippen molar-refractivity contribution in [2.24, 2.45) is 5.73 Å². The minimum Gasteiger partial charge on any atom is -0.481 e. The number of nitrogens with two attached hydrogens (primary N) is 1. The average molecular weight is 200 g/mol. The van der Waals surface area contributed by atoms with Gasteiger partial charge in [0.2, 0.25) is 0 Å². The van der Waals surface area contributed by atoms with E-state index in [0.717, 1.165) is 12.8 Å². The number of carboxylic acids is 1. The van der Waals surface area contributed by atoms with Crippen molar-refractivity contribution in [2.75, 3.05) is 13.1 Å². The molecule has 1 heterocycles. The topological polar surface area (TPSA) is 66.6 Å². The zero-order valence-corrected chi connectivity index (χ0v) is 8.78. The van der Waals surface area contributed by atoms with Crippen LogP contribution in [0.4, 0.5) is 0 Å². The molecular weight excluding hydrogens is 180 g/mol. The summed E-state index contributed by atoms with van der Waals surface area (Å²) >= 11 is 0. The fourth-order valence-electron chi connectivity index (χ4n) is 2.22. The molecule has 1 aliphatic rings. The van der Waals surface area contributed by atoms with Crippen LogP contribution >= 0.6 is 0 Å². The highest BCUT2D eigenvalue weighted by Gasteiger charge is 2.26. The molecule has 0 amide bonds. The Hall–Kier alpha value is -0.610. The molecule has 1 fully saturated rings. The molecule has 0 aromatic carbocycles. The van der Waals surface area contributed by atoms with Gasteiger partial charge in [0.15, 0.2) is 0 Å². The summed E-state index contributed by atoms with van der Waals surface area (Å²) in [6.07, 6.45) is 3.71. The van der Waals surface area contributed by atoms with Crippen LogP contribution in [0, 0.1) is 0 Å². The normalized spacial score (nSPS) is 29.0. The monoisotopic (exact) mass is 200 g/mol. The smallest absolute Gasteiger partial charge is 0.304 e. The minimum absolute atomic E-state index is 0.223. The predicted octanol–water partition coefficient (Wildman–Crippen LogP) is 0.663. The van der Waals surface area contributed by atoms with E-state index in [1.54, 1.807) is 0 Å². The van der Waals surface area contributed by atoms with Crippen molar-refractivity contribution in [3.8, 4) is 0 Å². The van der Waals surface area contributed by atoms with Gasteiger partial charge in [-0.1, -0.05) is 6.42 Å². The van der Waals surface area contributed by atoms with Gasteiger partial charge >= 0.3 is 5.97 Å². The van der Waals surface area contributed by atoms with Crippen LogP contribution in [0.2, 0.25) is 0 Å². The molecule has 0 bridgehead atoms. The number of aliphatic carboxylic acids is 1. The van der Waals surface area contributed by atoms with Crippen LogP contribution in [-0.2, 0) is 4.79 Å². The summed E-state index contributed by atoms with van der Waals surface area (Å²) in [6, 6.07) is 0.870. The Morgan fingerprint density at radius 3 is 2.86 bits per heavy atom. The molecule has 2 unspecified atom stereocenters. The molecule has 3 N–H and O–H groups in total. The number of likely N-dealkylation sites (tertiary alicyclic amines) is 1. The largest absolute Gasteiger partial charge is 0.481 e. The second kappa shape index (κ2) is 5.32. The van der Waals surface area contributed by atoms with Crippen molar-refractivity contribution in [2.45, 2.75) is 44.7 Å². The van der Waals surface area contributed by atoms with Gasteiger partial charge in [-0.15, -0.1) is 0 Å². The van der Waals surface area contributed by atoms with E-state index >= 15 is 0 Å². The zero-order chi connectivity index (χ0) is 10.6. The van der Waals surface area contributed by atoms with Crippen LogP contribution < -0.4 is 5.73 Å². The van der Waals surface area contributed by atoms with E-state index < -0.39 is 5.97 Å². The van der Waals surface area contributed by atoms with Crippen LogP contribution in [-0.4, -0.2) is 41.1 Å². The van der Waals surface area contributed by atoms with Crippen LogP contribution in [0.15, 0.2) is 0 Å². The molecule has 14 heavy (non-hydrogen) atoms. The van der Waals surface area contributed by atoms with Gasteiger partial charge in [0.1, 0.15) is 0 Å². The maximum Gasteiger partial charge on any atom is 0.304 e. The van der Waals surface area contributed by atoms with Crippen molar-refractivity contribution in [3.63, 3.8) is 0 Å². The lowest BCUT2D eigenvalue weighted by Gasteiger charge is -2.39. The minimum atomic E-state index is -0.724. The van der Waals surface area contributed by atoms with Gasteiger partial charge in [0, 0.05) is 25.2 Å². The highest BCUT2D eigenvalue weighted by atomic mass is 16.4. The maximum absolute atomic E-state index is 10.5. The SMILES string of the molecule is CC1CCCC(CN)N1CCC(=O)O. The quantitative estimate of drug-likeness (QED) is 0.699. The van der Waals surface area contributed by atoms with E-state index in [0.29, 0.717) is 25.2 Å². The molecule has 1 rings (SSSR count). The molecule has 2 atom stereocenters. The van der Waals surface area contributed by atoms with Crippen LogP contribution in [0.1, 0.15) is 32.6 Å². The molecule has 1 saturated heterocycles. The van der Waals surface area contributed by atoms with Gasteiger partial charge in [-0.3, -0.25) is 9.69 Å². The maximum atomic E-state index is 10.5. The number of hydrogen-bond acceptors (Lipinski definition) is 3. The second-order valence-electron chi connectivity index (χ2n) is 4.05. The number of nitrogens with zero attached hydrogens (tertiary/aromatic N) is 1. The summed E-state index contributed by atoms with van der Waals surface area (Å²) in [7, 11) is 0. The zero-order valence-electron chi connectivity index (χ0n) is 8.78. The van der Waals surface area contributed by atoms with E-state index in [1.807, 2.05) is 0 Å². The van der Waals surface area contributed by atoms with Gasteiger partial charge in [-0.25, -0.2) is 0 Å². The van der Waals surface area contributed by atoms with Crippen molar-refractivity contribution in [1.82, 2.24) is 4.90 Å². The van der Waals surface area contributed by atoms with E-state index in [-0.39, 0.29) is 6.42 Å². The molecule has 0 saturated carbocycles. The van der Waals surface area contributed by atoms with E-state index in [9.17, 15) is 4.79 Å². The fraction of sp³-hybridized carbons (Fsp3) is 0.900. The number of hydrogen-bond donors (Lipinski definition) is 2. The molecule has 0 spiro atoms. The second-order valence-corrected chi connectivity index (χ2v) is 4.05. The Kier molecular flexibility index (Phi) is 4.35. The number of carbonyl (C=O) groups is 1. The van der Waals surface area contributed by atoms with Gasteiger partial charge < -0.3 is 10.8 Å². The Labute approximate surface area is 85.1 Å². The third-order valence-corrected chi connectivity index (χ3v) is 3.05. The summed E-state index contributed by atoms with van der Waals surface area (Å²) in [5.74, 6) is -0.724. The summed E-state index contributed by atoms with van der Waals surface area (Å²) in [5.41, 5.74) is 5.67. The molecule has 0 aromatic rings. The Morgan fingerprint density at radius 1 is 1.57 bits per heavy atom. The first kappa shape index (κ1) is 11.5. The van der Waals surface area contributed by atoms with Gasteiger partial charge in [0.05, 0.1) is 6.42 Å². The molecule has 4 nitrogen and oxygen atoms in total. The average Bonchev–Trinajstić information content (AvgIpc) is 2.15. The first-order valence-corrected chi connectivity index (χ1v) is 5.32. The summed E-state index contributed by atoms with van der Waals surface area (Å²) < 4.78 is 0. The molecule has 0 aromatic heterocycles. The molecule has 82 valence electrons. The van der Waals surface area contributed by atoms with Crippen molar-refractivity contribution >= 4 is 5.97 Å². The molecule has 1 aliphatic heterocycles. The van der Waals surface area contributed by atoms with Gasteiger partial charge in [-0.2, -0.15) is 0 Å². The van der Waals surface area contributed by atoms with Crippen LogP contribution in [0.25, 0.3) is 0 Å². The van der Waals surface area contributed by atoms with Gasteiger partial charge in [0.25, 0.3) is 0 Å². The summed E-state index contributed by atoms with van der Waals surface area (Å²) in [5, 5.41) is 8.63. The lowest BCUT2D eigenvalue weighted by Crippen LogP contribution is -2.49. The number of carboxylic acid groups (broad SMARTS) is 1. The third kappa shape index (κ3) is 2.96. The predicted molar refractivity (Wildman–Crippen MR) is 55.1 cm³/mol. The third-order valence-electron chi connectivity index (χ3n) is 3.05. The van der Waals surface area contributed by atoms with Gasteiger partial charge in [-0.05, 0) is 19.8 Å². The number of rotatable bonds is 4. The number of piperidine rings is 1. The first-order valence-electron chi connectivity index (χ1n) is 5.32. The van der Waals surface area contributed by atoms with Crippen molar-refractivity contribution in [1.29, 1.82) is 0 Å². The molecule has 0 aliphatic carbocycles. The summed E-state index contributed by atoms with van der Waals surface area (Å²) in [6.45, 7) is 3.44.